The van der Waals surface area contributed by atoms with Crippen LogP contribution in [0.4, 0.5) is 0 Å². The molecular formula is C13H23N3O3. The molecule has 6 heteroatoms. The average molecular weight is 269 g/mol. The van der Waals surface area contributed by atoms with Crippen molar-refractivity contribution in [3.8, 4) is 11.8 Å². The third-order valence-corrected chi connectivity index (χ3v) is 2.55. The van der Waals surface area contributed by atoms with Crippen LogP contribution in [0.2, 0.25) is 0 Å². The van der Waals surface area contributed by atoms with E-state index in [0.29, 0.717) is 18.3 Å². The van der Waals surface area contributed by atoms with Crippen molar-refractivity contribution in [2.45, 2.75) is 26.3 Å². The van der Waals surface area contributed by atoms with Gasteiger partial charge in [-0.2, -0.15) is 0 Å². The summed E-state index contributed by atoms with van der Waals surface area (Å²) in [6.45, 7) is 5.19. The fraction of sp³-hybridized carbons (Fsp3) is 0.692. The molecule has 0 amide bonds. The Morgan fingerprint density at radius 2 is 1.79 bits per heavy atom. The van der Waals surface area contributed by atoms with E-state index in [2.05, 4.69) is 22.2 Å². The monoisotopic (exact) mass is 269 g/mol. The van der Waals surface area contributed by atoms with E-state index < -0.39 is 0 Å². The van der Waals surface area contributed by atoms with E-state index in [0.717, 1.165) is 38.2 Å². The summed E-state index contributed by atoms with van der Waals surface area (Å²) in [6, 6.07) is 0. The van der Waals surface area contributed by atoms with Gasteiger partial charge in [0.25, 0.3) is 0 Å². The lowest BCUT2D eigenvalue weighted by atomic mass is 10.3. The molecule has 0 saturated heterocycles. The summed E-state index contributed by atoms with van der Waals surface area (Å²) < 4.78 is 15.8. The van der Waals surface area contributed by atoms with E-state index in [1.807, 2.05) is 0 Å². The first-order valence-electron chi connectivity index (χ1n) is 6.53. The Morgan fingerprint density at radius 1 is 1.11 bits per heavy atom. The highest BCUT2D eigenvalue weighted by molar-refractivity contribution is 5.34. The van der Waals surface area contributed by atoms with Crippen molar-refractivity contribution in [3.05, 3.63) is 11.9 Å². The quantitative estimate of drug-likeness (QED) is 0.648. The van der Waals surface area contributed by atoms with Gasteiger partial charge in [0, 0.05) is 19.8 Å². The molecule has 0 aliphatic rings. The first-order chi connectivity index (χ1) is 9.33. The van der Waals surface area contributed by atoms with Gasteiger partial charge < -0.3 is 19.5 Å². The highest BCUT2D eigenvalue weighted by Gasteiger charge is 2.11. The second-order valence-corrected chi connectivity index (χ2v) is 4.01. The molecule has 0 aliphatic heterocycles. The van der Waals surface area contributed by atoms with E-state index in [4.69, 9.17) is 14.2 Å². The van der Waals surface area contributed by atoms with Crippen LogP contribution in [0.15, 0.2) is 6.33 Å². The smallest absolute Gasteiger partial charge is 0.224 e. The Kier molecular flexibility index (Phi) is 7.84. The predicted molar refractivity (Wildman–Crippen MR) is 72.6 cm³/mol. The number of hydrogen-bond donors (Lipinski definition) is 1. The molecule has 0 aromatic carbocycles. The first-order valence-corrected chi connectivity index (χ1v) is 6.53. The summed E-state index contributed by atoms with van der Waals surface area (Å²) in [4.78, 5) is 8.13. The lowest BCUT2D eigenvalue weighted by Gasteiger charge is -2.11. The van der Waals surface area contributed by atoms with Crippen molar-refractivity contribution in [1.29, 1.82) is 0 Å². The van der Waals surface area contributed by atoms with Crippen molar-refractivity contribution in [1.82, 2.24) is 15.3 Å². The van der Waals surface area contributed by atoms with Gasteiger partial charge in [-0.25, -0.2) is 9.97 Å². The molecule has 1 aromatic heterocycles. The maximum absolute atomic E-state index is 5.41. The van der Waals surface area contributed by atoms with Crippen molar-refractivity contribution < 1.29 is 14.2 Å². The van der Waals surface area contributed by atoms with Crippen LogP contribution in [0, 0.1) is 0 Å². The van der Waals surface area contributed by atoms with Crippen LogP contribution in [0.3, 0.4) is 0 Å². The second-order valence-electron chi connectivity index (χ2n) is 4.01. The van der Waals surface area contributed by atoms with Gasteiger partial charge >= 0.3 is 0 Å². The van der Waals surface area contributed by atoms with E-state index >= 15 is 0 Å². The highest BCUT2D eigenvalue weighted by Crippen LogP contribution is 2.22. The molecule has 1 aromatic rings. The normalized spacial score (nSPS) is 10.5. The molecule has 1 rings (SSSR count). The molecule has 0 fully saturated rings. The van der Waals surface area contributed by atoms with Crippen molar-refractivity contribution >= 4 is 0 Å². The van der Waals surface area contributed by atoms with Crippen LogP contribution in [-0.2, 0) is 11.3 Å². The second kappa shape index (κ2) is 9.52. The van der Waals surface area contributed by atoms with E-state index in [1.165, 1.54) is 6.33 Å². The largest absolute Gasteiger partial charge is 0.481 e. The third-order valence-electron chi connectivity index (χ3n) is 2.55. The van der Waals surface area contributed by atoms with Gasteiger partial charge in [-0.1, -0.05) is 6.92 Å². The summed E-state index contributed by atoms with van der Waals surface area (Å²) in [5, 5.41) is 3.31. The maximum Gasteiger partial charge on any atom is 0.224 e. The lowest BCUT2D eigenvalue weighted by Crippen LogP contribution is -2.18. The minimum Gasteiger partial charge on any atom is -0.481 e. The Bertz CT molecular complexity index is 339. The van der Waals surface area contributed by atoms with Crippen LogP contribution in [0.25, 0.3) is 0 Å². The number of nitrogens with one attached hydrogen (secondary N) is 1. The standard InChI is InChI=1S/C13H23N3O3/c1-4-7-19-8-5-6-14-9-11-12(17-2)15-10-16-13(11)18-3/h10,14H,4-9H2,1-3H3. The molecule has 108 valence electrons. The lowest BCUT2D eigenvalue weighted by molar-refractivity contribution is 0.132. The fourth-order valence-corrected chi connectivity index (χ4v) is 1.64. The molecule has 0 atom stereocenters. The Labute approximate surface area is 114 Å². The van der Waals surface area contributed by atoms with Gasteiger partial charge in [-0.15, -0.1) is 0 Å². The zero-order valence-electron chi connectivity index (χ0n) is 11.9. The molecule has 0 aliphatic carbocycles. The van der Waals surface area contributed by atoms with Gasteiger partial charge in [0.15, 0.2) is 0 Å². The number of ether oxygens (including phenoxy) is 3. The molecule has 1 N–H and O–H groups in total. The molecule has 6 nitrogen and oxygen atoms in total. The topological polar surface area (TPSA) is 65.5 Å². The van der Waals surface area contributed by atoms with Gasteiger partial charge in [-0.3, -0.25) is 0 Å². The zero-order valence-corrected chi connectivity index (χ0v) is 11.9. The van der Waals surface area contributed by atoms with E-state index in [1.54, 1.807) is 14.2 Å². The zero-order chi connectivity index (χ0) is 13.9. The van der Waals surface area contributed by atoms with Crippen molar-refractivity contribution in [2.75, 3.05) is 34.0 Å². The number of rotatable bonds is 10. The van der Waals surface area contributed by atoms with Crippen LogP contribution in [-0.4, -0.2) is 43.9 Å². The molecular weight excluding hydrogens is 246 g/mol. The summed E-state index contributed by atoms with van der Waals surface area (Å²) >= 11 is 0. The summed E-state index contributed by atoms with van der Waals surface area (Å²) in [5.41, 5.74) is 0.835. The minimum absolute atomic E-state index is 0.543. The molecule has 19 heavy (non-hydrogen) atoms. The third kappa shape index (κ3) is 5.40. The van der Waals surface area contributed by atoms with Gasteiger partial charge in [0.2, 0.25) is 11.8 Å². The number of hydrogen-bond acceptors (Lipinski definition) is 6. The Balaban J connectivity index is 2.35. The molecule has 0 bridgehead atoms. The summed E-state index contributed by atoms with van der Waals surface area (Å²) in [6.07, 6.45) is 3.46. The Hall–Kier alpha value is -1.40. The maximum atomic E-state index is 5.41. The highest BCUT2D eigenvalue weighted by atomic mass is 16.5. The minimum atomic E-state index is 0.543. The van der Waals surface area contributed by atoms with Crippen LogP contribution >= 0.6 is 0 Å². The Morgan fingerprint density at radius 3 is 2.37 bits per heavy atom. The molecule has 0 spiro atoms. The number of nitrogens with zero attached hydrogens (tertiary/aromatic N) is 2. The van der Waals surface area contributed by atoms with Crippen LogP contribution < -0.4 is 14.8 Å². The van der Waals surface area contributed by atoms with Gasteiger partial charge in [0.05, 0.1) is 19.8 Å². The molecule has 0 radical (unpaired) electrons. The van der Waals surface area contributed by atoms with Crippen molar-refractivity contribution in [3.63, 3.8) is 0 Å². The van der Waals surface area contributed by atoms with E-state index in [-0.39, 0.29) is 0 Å². The fourth-order valence-electron chi connectivity index (χ4n) is 1.64. The molecule has 0 unspecified atom stereocenters. The van der Waals surface area contributed by atoms with Crippen LogP contribution in [0.1, 0.15) is 25.3 Å². The van der Waals surface area contributed by atoms with Crippen molar-refractivity contribution in [2.24, 2.45) is 0 Å². The predicted octanol–water partition coefficient (Wildman–Crippen LogP) is 1.40. The van der Waals surface area contributed by atoms with Crippen LogP contribution in [0.5, 0.6) is 11.8 Å². The first kappa shape index (κ1) is 15.7. The molecule has 0 saturated carbocycles. The average Bonchev–Trinajstić information content (AvgIpc) is 2.46. The van der Waals surface area contributed by atoms with E-state index in [9.17, 15) is 0 Å². The van der Waals surface area contributed by atoms with Gasteiger partial charge in [-0.05, 0) is 19.4 Å². The summed E-state index contributed by atoms with van der Waals surface area (Å²) in [5.74, 6) is 1.09. The summed E-state index contributed by atoms with van der Waals surface area (Å²) in [7, 11) is 3.17. The number of methoxy groups -OCH3 is 2. The van der Waals surface area contributed by atoms with Gasteiger partial charge in [0.1, 0.15) is 6.33 Å². The number of aromatic nitrogens is 2. The SMILES string of the molecule is CCCOCCCNCc1c(OC)ncnc1OC. The molecule has 1 heterocycles.